The van der Waals surface area contributed by atoms with Crippen LogP contribution in [0.4, 0.5) is 38.9 Å². The minimum atomic E-state index is -0.149. The number of halogens is 2. The molecule has 0 bridgehead atoms. The highest BCUT2D eigenvalue weighted by molar-refractivity contribution is 6.30. The maximum atomic E-state index is 13.0. The first kappa shape index (κ1) is 93.4. The first-order valence-electron chi connectivity index (χ1n) is 47.7. The number of anilines is 6. The van der Waals surface area contributed by atoms with E-state index in [0.29, 0.717) is 60.2 Å². The highest BCUT2D eigenvalue weighted by atomic mass is 35.5. The second-order valence-corrected chi connectivity index (χ2v) is 46.0. The molecule has 0 radical (unpaired) electrons. The van der Waals surface area contributed by atoms with Gasteiger partial charge in [-0.25, -0.2) is 19.3 Å². The predicted octanol–water partition coefficient (Wildman–Crippen LogP) is 20.4. The molecule has 0 unspecified atom stereocenters. The number of nitrogens with zero attached hydrogens (tertiary/aromatic N) is 17. The molecule has 6 spiro atoms. The smallest absolute Gasteiger partial charge is 0.225 e. The number of hydrogen-bond donors (Lipinski definition) is 0. The zero-order valence-corrected chi connectivity index (χ0v) is 80.1. The Balaban J connectivity index is 0.000000126. The molecule has 0 aliphatic carbocycles. The fraction of sp³-hybridized carbons (Fsp3) is 0.699. The summed E-state index contributed by atoms with van der Waals surface area (Å²) in [5.41, 5.74) is 10.3. The summed E-state index contributed by atoms with van der Waals surface area (Å²) in [7, 11) is 0. The van der Waals surface area contributed by atoms with Crippen molar-refractivity contribution in [2.24, 2.45) is 32.5 Å². The second-order valence-electron chi connectivity index (χ2n) is 45.6. The van der Waals surface area contributed by atoms with Gasteiger partial charge in [-0.2, -0.15) is 0 Å². The van der Waals surface area contributed by atoms with E-state index in [0.717, 1.165) is 61.7 Å². The Morgan fingerprint density at radius 2 is 0.533 bits per heavy atom. The molecule has 12 saturated heterocycles. The van der Waals surface area contributed by atoms with Crippen molar-refractivity contribution in [3.05, 3.63) is 151 Å². The number of rotatable bonds is 6. The molecule has 0 atom stereocenters. The van der Waals surface area contributed by atoms with Crippen molar-refractivity contribution < 1.29 is 4.39 Å². The van der Waals surface area contributed by atoms with Gasteiger partial charge in [0.15, 0.2) is 0 Å². The number of aromatic nitrogens is 5. The summed E-state index contributed by atoms with van der Waals surface area (Å²) in [6, 6.07) is 31.8. The Morgan fingerprint density at radius 3 is 0.820 bits per heavy atom. The standard InChI is InChI=1S/C18H27ClN2.C18H27FN2.3C17H27N3.C16H26N4/c2*1-17(2,3)21-13-10-18(14-21)8-11-20(12-9-18)16-6-4-15(19)5-7-16;1-16(2,3)20-13-8-17(14-20)6-11-19(12-7-17)15-4-9-18-10-5-15;1-16(2,3)20-12-8-17(14-20)6-10-19(11-7-17)15-5-4-9-18-13-15;1-16(2,3)20-13-9-17(14-20)7-11-19(12-8-17)15-6-4-5-10-18-15;1-15(2,3)20-12-7-16(13-20)5-10-19(11-6-16)14-17-8-4-9-18-14/h2*4-7H,8-14H2,1-3H3;4-5,9-10H,6-8,11-14H2,1-3H3;4-5,9,13H,6-8,10-12,14H2,1-3H3;4-6,10H,7-9,11-14H2,1-3H3;4,8-9H,5-7,10-13H2,1-3H3. The molecule has 0 saturated carbocycles. The van der Waals surface area contributed by atoms with Crippen molar-refractivity contribution in [2.45, 2.75) is 273 Å². The quantitative estimate of drug-likeness (QED) is 0.158. The molecule has 2 aromatic carbocycles. The highest BCUT2D eigenvalue weighted by Gasteiger charge is 2.50. The van der Waals surface area contributed by atoms with Gasteiger partial charge in [0.25, 0.3) is 0 Å². The van der Waals surface area contributed by atoms with Gasteiger partial charge in [-0.15, -0.1) is 0 Å². The Bertz CT molecular complexity index is 3680. The molecule has 122 heavy (non-hydrogen) atoms. The SMILES string of the molecule is CC(C)(C)N1CCC2(CCN(c3ccc(Cl)cc3)CC2)C1.CC(C)(C)N1CCC2(CCN(c3ccc(F)cc3)CC2)C1.CC(C)(C)N1CCC2(CCN(c3ccccn3)CC2)C1.CC(C)(C)N1CCC2(CCN(c3cccnc3)CC2)C1.CC(C)(C)N1CCC2(CCN(c3ccncc3)CC2)C1.CC(C)(C)N1CCC2(CCN(c3ncccn3)CC2)C1. The largest absolute Gasteiger partial charge is 0.371 e. The number of hydrogen-bond acceptors (Lipinski definition) is 17. The average Bonchev–Trinajstić information content (AvgIpc) is 1.67. The second kappa shape index (κ2) is 38.7. The van der Waals surface area contributed by atoms with E-state index < -0.39 is 0 Å². The predicted molar refractivity (Wildman–Crippen MR) is 512 cm³/mol. The molecule has 0 amide bonds. The molecule has 0 N–H and O–H groups in total. The molecule has 16 heterocycles. The minimum absolute atomic E-state index is 0.149. The molecular formula is C103H161ClFN17. The van der Waals surface area contributed by atoms with Gasteiger partial charge < -0.3 is 29.4 Å². The van der Waals surface area contributed by atoms with E-state index in [1.165, 1.54) is 250 Å². The lowest BCUT2D eigenvalue weighted by Gasteiger charge is -2.41. The Kier molecular flexibility index (Phi) is 29.7. The summed E-state index contributed by atoms with van der Waals surface area (Å²) < 4.78 is 13.0. The average molecular weight is 1690 g/mol. The summed E-state index contributed by atoms with van der Waals surface area (Å²) in [6.45, 7) is 71.2. The molecule has 4 aromatic heterocycles. The summed E-state index contributed by atoms with van der Waals surface area (Å²) in [6.07, 6.45) is 37.1. The molecule has 12 fully saturated rings. The molecule has 19 heteroatoms. The van der Waals surface area contributed by atoms with Crippen molar-refractivity contribution in [3.63, 3.8) is 0 Å². The van der Waals surface area contributed by atoms with Gasteiger partial charge >= 0.3 is 0 Å². The van der Waals surface area contributed by atoms with Crippen molar-refractivity contribution in [2.75, 3.05) is 186 Å². The van der Waals surface area contributed by atoms with Crippen molar-refractivity contribution in [1.82, 2.24) is 54.3 Å². The van der Waals surface area contributed by atoms with Gasteiger partial charge in [0.2, 0.25) is 5.95 Å². The van der Waals surface area contributed by atoms with Gasteiger partial charge in [-0.3, -0.25) is 39.4 Å². The van der Waals surface area contributed by atoms with Crippen LogP contribution in [-0.2, 0) is 0 Å². The van der Waals surface area contributed by atoms with Crippen LogP contribution >= 0.6 is 11.6 Å². The molecular weight excluding hydrogens is 1530 g/mol. The van der Waals surface area contributed by atoms with Gasteiger partial charge in [0, 0.05) is 210 Å². The van der Waals surface area contributed by atoms with Gasteiger partial charge in [-0.1, -0.05) is 17.7 Å². The molecule has 6 aromatic rings. The van der Waals surface area contributed by atoms with Crippen LogP contribution in [0.15, 0.2) is 140 Å². The van der Waals surface area contributed by atoms with Crippen LogP contribution in [0.1, 0.15) is 240 Å². The van der Waals surface area contributed by atoms with E-state index in [4.69, 9.17) is 11.6 Å². The molecule has 12 aliphatic heterocycles. The zero-order chi connectivity index (χ0) is 87.0. The Morgan fingerprint density at radius 1 is 0.254 bits per heavy atom. The topological polar surface area (TPSA) is 103 Å². The first-order valence-corrected chi connectivity index (χ1v) is 48.1. The third kappa shape index (κ3) is 24.3. The van der Waals surface area contributed by atoms with E-state index in [1.807, 2.05) is 85.8 Å². The zero-order valence-electron chi connectivity index (χ0n) is 79.3. The van der Waals surface area contributed by atoms with E-state index in [-0.39, 0.29) is 11.4 Å². The van der Waals surface area contributed by atoms with Gasteiger partial charge in [0.1, 0.15) is 11.6 Å². The maximum Gasteiger partial charge on any atom is 0.225 e. The monoisotopic (exact) mass is 1690 g/mol. The van der Waals surface area contributed by atoms with E-state index >= 15 is 0 Å². The van der Waals surface area contributed by atoms with Crippen LogP contribution in [0, 0.1) is 38.3 Å². The maximum absolute atomic E-state index is 13.0. The molecule has 18 rings (SSSR count). The lowest BCUT2D eigenvalue weighted by Crippen LogP contribution is -2.45. The fourth-order valence-corrected chi connectivity index (χ4v) is 22.4. The number of benzene rings is 2. The third-order valence-electron chi connectivity index (χ3n) is 31.5. The van der Waals surface area contributed by atoms with E-state index in [9.17, 15) is 4.39 Å². The van der Waals surface area contributed by atoms with Crippen molar-refractivity contribution in [3.8, 4) is 0 Å². The summed E-state index contributed by atoms with van der Waals surface area (Å²) >= 11 is 5.98. The summed E-state index contributed by atoms with van der Waals surface area (Å²) in [5.74, 6) is 1.89. The van der Waals surface area contributed by atoms with Crippen LogP contribution in [0.25, 0.3) is 0 Å². The first-order chi connectivity index (χ1) is 57.7. The van der Waals surface area contributed by atoms with Crippen LogP contribution in [0.5, 0.6) is 0 Å². The molecule has 17 nitrogen and oxygen atoms in total. The van der Waals surface area contributed by atoms with E-state index in [1.54, 1.807) is 12.1 Å². The van der Waals surface area contributed by atoms with Crippen LogP contribution in [-0.4, -0.2) is 245 Å². The summed E-state index contributed by atoms with van der Waals surface area (Å²) in [5, 5.41) is 0.823. The lowest BCUT2D eigenvalue weighted by atomic mass is 9.77. The minimum Gasteiger partial charge on any atom is -0.371 e. The van der Waals surface area contributed by atoms with Crippen LogP contribution < -0.4 is 29.4 Å². The highest BCUT2D eigenvalue weighted by Crippen LogP contribution is 2.50. The van der Waals surface area contributed by atoms with Crippen LogP contribution in [0.3, 0.4) is 0 Å². The molecule has 672 valence electrons. The van der Waals surface area contributed by atoms with E-state index in [2.05, 4.69) is 251 Å². The lowest BCUT2D eigenvalue weighted by molar-refractivity contribution is 0.135. The third-order valence-corrected chi connectivity index (χ3v) is 31.7. The van der Waals surface area contributed by atoms with Crippen molar-refractivity contribution in [1.29, 1.82) is 0 Å². The van der Waals surface area contributed by atoms with Gasteiger partial charge in [0.05, 0.1) is 11.9 Å². The fourth-order valence-electron chi connectivity index (χ4n) is 22.2. The Labute approximate surface area is 744 Å². The van der Waals surface area contributed by atoms with Gasteiger partial charge in [-0.05, 0) is 403 Å². The number of piperidine rings is 6. The van der Waals surface area contributed by atoms with Crippen molar-refractivity contribution >= 4 is 46.1 Å². The number of likely N-dealkylation sites (tertiary alicyclic amines) is 6. The Hall–Kier alpha value is -6.25. The normalized spacial score (nSPS) is 23.3. The van der Waals surface area contributed by atoms with Crippen LogP contribution in [0.2, 0.25) is 5.02 Å². The summed E-state index contributed by atoms with van der Waals surface area (Å²) in [4.78, 5) is 52.3. The molecule has 12 aliphatic rings. The number of pyridine rings is 3.